The molecule has 0 radical (unpaired) electrons. The summed E-state index contributed by atoms with van der Waals surface area (Å²) < 4.78 is 4.70. The van der Waals surface area contributed by atoms with Gasteiger partial charge in [-0.2, -0.15) is 0 Å². The third-order valence-corrected chi connectivity index (χ3v) is 5.75. The van der Waals surface area contributed by atoms with Crippen LogP contribution in [-0.2, 0) is 22.4 Å². The molecule has 4 rings (SSSR count). The monoisotopic (exact) mass is 368 g/mol. The van der Waals surface area contributed by atoms with Crippen LogP contribution in [0.15, 0.2) is 24.5 Å². The number of nitrogens with one attached hydrogen (secondary N) is 1. The van der Waals surface area contributed by atoms with E-state index in [1.54, 1.807) is 23.7 Å². The van der Waals surface area contributed by atoms with Gasteiger partial charge in [0.25, 0.3) is 0 Å². The molecular formula is C19H20N4O2S. The second kappa shape index (κ2) is 7.37. The van der Waals surface area contributed by atoms with Crippen LogP contribution in [-0.4, -0.2) is 34.6 Å². The van der Waals surface area contributed by atoms with Crippen LogP contribution in [0.3, 0.4) is 0 Å². The van der Waals surface area contributed by atoms with E-state index in [0.29, 0.717) is 25.2 Å². The molecule has 3 heterocycles. The topological polar surface area (TPSA) is 77.0 Å². The SMILES string of the molecule is COC(=O)CCCNc1nc(-c2cccnc2)nc2sc3c(c12)CCC3. The standard InChI is InChI=1S/C19H20N4O2S/c1-25-15(24)8-4-10-21-18-16-13-6-2-7-14(13)26-19(16)23-17(22-18)12-5-3-9-20-11-12/h3,5,9,11H,2,4,6-8,10H2,1H3,(H,21,22,23). The summed E-state index contributed by atoms with van der Waals surface area (Å²) in [7, 11) is 1.42. The molecule has 0 unspecified atom stereocenters. The molecular weight excluding hydrogens is 348 g/mol. The van der Waals surface area contributed by atoms with E-state index in [2.05, 4.69) is 10.3 Å². The Labute approximate surface area is 155 Å². The zero-order valence-electron chi connectivity index (χ0n) is 14.6. The number of carbonyl (C=O) groups excluding carboxylic acids is 1. The van der Waals surface area contributed by atoms with E-state index in [-0.39, 0.29) is 5.97 Å². The number of aromatic nitrogens is 3. The molecule has 0 aliphatic heterocycles. The maximum atomic E-state index is 11.3. The first kappa shape index (κ1) is 16.9. The van der Waals surface area contributed by atoms with Crippen LogP contribution in [0, 0.1) is 0 Å². The quantitative estimate of drug-likeness (QED) is 0.529. The highest BCUT2D eigenvalue weighted by Gasteiger charge is 2.22. The molecule has 3 aromatic heterocycles. The number of methoxy groups -OCH3 is 1. The number of nitrogens with zero attached hydrogens (tertiary/aromatic N) is 3. The molecule has 3 aromatic rings. The van der Waals surface area contributed by atoms with Crippen molar-refractivity contribution in [3.05, 3.63) is 35.0 Å². The largest absolute Gasteiger partial charge is 0.469 e. The number of hydrogen-bond donors (Lipinski definition) is 1. The van der Waals surface area contributed by atoms with Crippen LogP contribution in [0.2, 0.25) is 0 Å². The van der Waals surface area contributed by atoms with E-state index in [9.17, 15) is 4.79 Å². The highest BCUT2D eigenvalue weighted by molar-refractivity contribution is 7.19. The average Bonchev–Trinajstić information content (AvgIpc) is 3.26. The molecule has 26 heavy (non-hydrogen) atoms. The minimum atomic E-state index is -0.188. The van der Waals surface area contributed by atoms with Gasteiger partial charge in [0.2, 0.25) is 0 Å². The van der Waals surface area contributed by atoms with E-state index < -0.39 is 0 Å². The number of fused-ring (bicyclic) bond motifs is 3. The predicted molar refractivity (Wildman–Crippen MR) is 102 cm³/mol. The summed E-state index contributed by atoms with van der Waals surface area (Å²) in [6, 6.07) is 3.86. The van der Waals surface area contributed by atoms with Crippen molar-refractivity contribution in [2.75, 3.05) is 19.0 Å². The number of anilines is 1. The van der Waals surface area contributed by atoms with Crippen molar-refractivity contribution in [1.29, 1.82) is 0 Å². The van der Waals surface area contributed by atoms with Gasteiger partial charge in [0.15, 0.2) is 5.82 Å². The van der Waals surface area contributed by atoms with Crippen molar-refractivity contribution < 1.29 is 9.53 Å². The molecule has 0 saturated heterocycles. The van der Waals surface area contributed by atoms with Crippen LogP contribution in [0.25, 0.3) is 21.6 Å². The van der Waals surface area contributed by atoms with Crippen LogP contribution in [0.4, 0.5) is 5.82 Å². The maximum Gasteiger partial charge on any atom is 0.305 e. The van der Waals surface area contributed by atoms with E-state index in [1.165, 1.54) is 24.0 Å². The number of thiophene rings is 1. The second-order valence-electron chi connectivity index (χ2n) is 6.28. The van der Waals surface area contributed by atoms with Crippen molar-refractivity contribution in [2.24, 2.45) is 0 Å². The fraction of sp³-hybridized carbons (Fsp3) is 0.368. The number of ether oxygens (including phenoxy) is 1. The molecule has 0 aromatic carbocycles. The van der Waals surface area contributed by atoms with Gasteiger partial charge >= 0.3 is 5.97 Å². The number of aryl methyl sites for hydroxylation is 2. The van der Waals surface area contributed by atoms with Gasteiger partial charge in [0.1, 0.15) is 10.6 Å². The predicted octanol–water partition coefficient (Wildman–Crippen LogP) is 3.61. The van der Waals surface area contributed by atoms with Gasteiger partial charge in [-0.3, -0.25) is 9.78 Å². The number of esters is 1. The zero-order chi connectivity index (χ0) is 17.9. The smallest absolute Gasteiger partial charge is 0.305 e. The Balaban J connectivity index is 1.67. The van der Waals surface area contributed by atoms with Gasteiger partial charge in [0.05, 0.1) is 12.5 Å². The van der Waals surface area contributed by atoms with Crippen LogP contribution in [0.1, 0.15) is 29.7 Å². The van der Waals surface area contributed by atoms with Crippen molar-refractivity contribution in [3.63, 3.8) is 0 Å². The summed E-state index contributed by atoms with van der Waals surface area (Å²) in [4.78, 5) is 27.5. The van der Waals surface area contributed by atoms with E-state index >= 15 is 0 Å². The Hall–Kier alpha value is -2.54. The Morgan fingerprint density at radius 2 is 2.27 bits per heavy atom. The molecule has 0 atom stereocenters. The first-order chi connectivity index (χ1) is 12.8. The van der Waals surface area contributed by atoms with Crippen molar-refractivity contribution in [1.82, 2.24) is 15.0 Å². The van der Waals surface area contributed by atoms with Crippen molar-refractivity contribution >= 4 is 33.3 Å². The second-order valence-corrected chi connectivity index (χ2v) is 7.37. The van der Waals surface area contributed by atoms with Gasteiger partial charge in [-0.25, -0.2) is 9.97 Å². The molecule has 0 amide bonds. The van der Waals surface area contributed by atoms with E-state index in [0.717, 1.165) is 34.4 Å². The Morgan fingerprint density at radius 3 is 3.08 bits per heavy atom. The zero-order valence-corrected chi connectivity index (χ0v) is 15.4. The minimum Gasteiger partial charge on any atom is -0.469 e. The number of rotatable bonds is 6. The van der Waals surface area contributed by atoms with Crippen LogP contribution in [0.5, 0.6) is 0 Å². The first-order valence-corrected chi connectivity index (χ1v) is 9.61. The summed E-state index contributed by atoms with van der Waals surface area (Å²) in [5, 5.41) is 4.57. The highest BCUT2D eigenvalue weighted by atomic mass is 32.1. The molecule has 1 aliphatic rings. The molecule has 0 bridgehead atoms. The van der Waals surface area contributed by atoms with Gasteiger partial charge in [0, 0.05) is 35.8 Å². The van der Waals surface area contributed by atoms with Gasteiger partial charge in [-0.05, 0) is 43.4 Å². The lowest BCUT2D eigenvalue weighted by atomic mass is 10.1. The highest BCUT2D eigenvalue weighted by Crippen LogP contribution is 2.40. The molecule has 1 N–H and O–H groups in total. The molecule has 0 spiro atoms. The van der Waals surface area contributed by atoms with E-state index in [1.807, 2.05) is 12.1 Å². The lowest BCUT2D eigenvalue weighted by Gasteiger charge is -2.10. The van der Waals surface area contributed by atoms with Crippen molar-refractivity contribution in [2.45, 2.75) is 32.1 Å². The number of pyridine rings is 1. The molecule has 0 fully saturated rings. The minimum absolute atomic E-state index is 0.188. The summed E-state index contributed by atoms with van der Waals surface area (Å²) in [6.45, 7) is 0.665. The fourth-order valence-corrected chi connectivity index (χ4v) is 4.55. The summed E-state index contributed by atoms with van der Waals surface area (Å²) in [5.41, 5.74) is 2.29. The third kappa shape index (κ3) is 3.26. The average molecular weight is 368 g/mol. The fourth-order valence-electron chi connectivity index (χ4n) is 3.29. The number of carbonyl (C=O) groups is 1. The van der Waals surface area contributed by atoms with Crippen molar-refractivity contribution in [3.8, 4) is 11.4 Å². The Morgan fingerprint density at radius 1 is 1.35 bits per heavy atom. The summed E-state index contributed by atoms with van der Waals surface area (Å²) in [5.74, 6) is 1.35. The molecule has 0 saturated carbocycles. The van der Waals surface area contributed by atoms with Crippen LogP contribution < -0.4 is 5.32 Å². The lowest BCUT2D eigenvalue weighted by molar-refractivity contribution is -0.140. The summed E-state index contributed by atoms with van der Waals surface area (Å²) >= 11 is 1.77. The van der Waals surface area contributed by atoms with Gasteiger partial charge < -0.3 is 10.1 Å². The first-order valence-electron chi connectivity index (χ1n) is 8.79. The number of hydrogen-bond acceptors (Lipinski definition) is 7. The normalized spacial score (nSPS) is 13.0. The molecule has 7 heteroatoms. The Bertz CT molecular complexity index is 940. The van der Waals surface area contributed by atoms with E-state index in [4.69, 9.17) is 14.7 Å². The molecule has 134 valence electrons. The molecule has 1 aliphatic carbocycles. The van der Waals surface area contributed by atoms with Crippen LogP contribution >= 0.6 is 11.3 Å². The lowest BCUT2D eigenvalue weighted by Crippen LogP contribution is -2.08. The maximum absolute atomic E-state index is 11.3. The van der Waals surface area contributed by atoms with Gasteiger partial charge in [-0.15, -0.1) is 11.3 Å². The molecule has 6 nitrogen and oxygen atoms in total. The summed E-state index contributed by atoms with van der Waals surface area (Å²) in [6.07, 6.45) is 8.03. The van der Waals surface area contributed by atoms with Gasteiger partial charge in [-0.1, -0.05) is 0 Å². The third-order valence-electron chi connectivity index (χ3n) is 4.56. The Kier molecular flexibility index (Phi) is 4.79.